The lowest BCUT2D eigenvalue weighted by atomic mass is 10.1. The molecular weight excluding hydrogens is 290 g/mol. The monoisotopic (exact) mass is 313 g/mol. The molecule has 0 aliphatic carbocycles. The molecule has 0 spiro atoms. The molecule has 0 unspecified atom stereocenters. The summed E-state index contributed by atoms with van der Waals surface area (Å²) < 4.78 is 5.37. The van der Waals surface area contributed by atoms with Crippen LogP contribution in [0.2, 0.25) is 0 Å². The third kappa shape index (κ3) is 5.87. The molecule has 0 amide bonds. The second kappa shape index (κ2) is 9.40. The van der Waals surface area contributed by atoms with E-state index in [4.69, 9.17) is 4.74 Å². The van der Waals surface area contributed by atoms with E-state index in [1.165, 1.54) is 36.8 Å². The van der Waals surface area contributed by atoms with Gasteiger partial charge in [0.25, 0.3) is 0 Å². The van der Waals surface area contributed by atoms with Crippen molar-refractivity contribution >= 4 is 15.9 Å². The molecule has 1 aromatic rings. The van der Waals surface area contributed by atoms with Crippen molar-refractivity contribution in [1.29, 1.82) is 0 Å². The fourth-order valence-corrected chi connectivity index (χ4v) is 2.36. The van der Waals surface area contributed by atoms with E-state index in [1.807, 2.05) is 6.07 Å². The number of nitrogens with one attached hydrogen (secondary N) is 1. The maximum atomic E-state index is 5.37. The number of halogens is 1. The molecule has 1 rings (SSSR count). The topological polar surface area (TPSA) is 21.3 Å². The number of benzene rings is 1. The van der Waals surface area contributed by atoms with Gasteiger partial charge in [0.05, 0.1) is 7.11 Å². The van der Waals surface area contributed by atoms with Crippen molar-refractivity contribution < 1.29 is 4.74 Å². The molecule has 0 aliphatic heterocycles. The van der Waals surface area contributed by atoms with Gasteiger partial charge in [-0.05, 0) is 32.4 Å². The van der Waals surface area contributed by atoms with Crippen molar-refractivity contribution in [2.75, 3.05) is 19.0 Å². The van der Waals surface area contributed by atoms with E-state index < -0.39 is 0 Å². The first-order valence-electron chi connectivity index (χ1n) is 6.68. The number of rotatable bonds is 9. The van der Waals surface area contributed by atoms with Gasteiger partial charge in [-0.15, -0.1) is 0 Å². The van der Waals surface area contributed by atoms with Gasteiger partial charge >= 0.3 is 0 Å². The van der Waals surface area contributed by atoms with Crippen LogP contribution in [0.1, 0.15) is 36.8 Å². The van der Waals surface area contributed by atoms with Crippen LogP contribution in [0.3, 0.4) is 0 Å². The molecule has 0 saturated heterocycles. The van der Waals surface area contributed by atoms with E-state index in [2.05, 4.69) is 40.3 Å². The van der Waals surface area contributed by atoms with Crippen LogP contribution < -0.4 is 10.1 Å². The molecule has 0 heterocycles. The fraction of sp³-hybridized carbons (Fsp3) is 0.600. The van der Waals surface area contributed by atoms with Crippen LogP contribution in [0.15, 0.2) is 18.2 Å². The highest BCUT2D eigenvalue weighted by molar-refractivity contribution is 9.09. The van der Waals surface area contributed by atoms with Gasteiger partial charge in [0.2, 0.25) is 0 Å². The van der Waals surface area contributed by atoms with Gasteiger partial charge in [-0.3, -0.25) is 0 Å². The number of unbranched alkanes of at least 4 members (excludes halogenated alkanes) is 3. The summed E-state index contributed by atoms with van der Waals surface area (Å²) >= 11 is 3.46. The van der Waals surface area contributed by atoms with Crippen LogP contribution in [0, 0.1) is 6.92 Å². The maximum Gasteiger partial charge on any atom is 0.123 e. The largest absolute Gasteiger partial charge is 0.496 e. The quantitative estimate of drug-likeness (QED) is 0.548. The number of hydrogen-bond donors (Lipinski definition) is 1. The van der Waals surface area contributed by atoms with Crippen LogP contribution in [0.25, 0.3) is 0 Å². The van der Waals surface area contributed by atoms with E-state index in [-0.39, 0.29) is 0 Å². The van der Waals surface area contributed by atoms with Gasteiger partial charge < -0.3 is 10.1 Å². The van der Waals surface area contributed by atoms with Gasteiger partial charge in [-0.25, -0.2) is 0 Å². The Morgan fingerprint density at radius 2 is 1.94 bits per heavy atom. The molecule has 0 bridgehead atoms. The van der Waals surface area contributed by atoms with E-state index in [9.17, 15) is 0 Å². The normalized spacial score (nSPS) is 10.6. The predicted octanol–water partition coefficient (Wildman–Crippen LogP) is 4.05. The average Bonchev–Trinajstić information content (AvgIpc) is 2.38. The van der Waals surface area contributed by atoms with Crippen molar-refractivity contribution in [1.82, 2.24) is 5.32 Å². The summed E-state index contributed by atoms with van der Waals surface area (Å²) in [5.74, 6) is 0.979. The highest BCUT2D eigenvalue weighted by Gasteiger charge is 2.02. The molecule has 3 heteroatoms. The summed E-state index contributed by atoms with van der Waals surface area (Å²) in [5, 5.41) is 4.61. The zero-order chi connectivity index (χ0) is 13.2. The lowest BCUT2D eigenvalue weighted by Gasteiger charge is -2.10. The van der Waals surface area contributed by atoms with Gasteiger partial charge in [-0.1, -0.05) is 46.5 Å². The number of ether oxygens (including phenoxy) is 1. The highest BCUT2D eigenvalue weighted by atomic mass is 79.9. The summed E-state index contributed by atoms with van der Waals surface area (Å²) in [6.45, 7) is 4.09. The number of methoxy groups -OCH3 is 1. The second-order valence-corrected chi connectivity index (χ2v) is 5.39. The van der Waals surface area contributed by atoms with Crippen molar-refractivity contribution in [3.63, 3.8) is 0 Å². The molecule has 0 aliphatic rings. The molecule has 0 aromatic heterocycles. The van der Waals surface area contributed by atoms with E-state index in [0.29, 0.717) is 0 Å². The molecule has 1 aromatic carbocycles. The van der Waals surface area contributed by atoms with Crippen LogP contribution >= 0.6 is 15.9 Å². The molecule has 2 nitrogen and oxygen atoms in total. The number of alkyl halides is 1. The first kappa shape index (κ1) is 15.5. The predicted molar refractivity (Wildman–Crippen MR) is 81.7 cm³/mol. The summed E-state index contributed by atoms with van der Waals surface area (Å²) in [6, 6.07) is 6.32. The molecular formula is C15H24BrNO. The Morgan fingerprint density at radius 1 is 1.17 bits per heavy atom. The van der Waals surface area contributed by atoms with Gasteiger partial charge in [-0.2, -0.15) is 0 Å². The number of hydrogen-bond acceptors (Lipinski definition) is 2. The zero-order valence-electron chi connectivity index (χ0n) is 11.5. The second-order valence-electron chi connectivity index (χ2n) is 4.60. The highest BCUT2D eigenvalue weighted by Crippen LogP contribution is 2.19. The first-order valence-corrected chi connectivity index (χ1v) is 7.80. The SMILES string of the molecule is COc1ccc(C)cc1CNCCCCCCBr. The molecule has 0 fully saturated rings. The Bertz CT molecular complexity index is 341. The number of aryl methyl sites for hydroxylation is 1. The molecule has 18 heavy (non-hydrogen) atoms. The first-order chi connectivity index (χ1) is 8.77. The minimum absolute atomic E-state index is 0.892. The van der Waals surface area contributed by atoms with E-state index in [1.54, 1.807) is 7.11 Å². The van der Waals surface area contributed by atoms with Crippen LogP contribution in [0.4, 0.5) is 0 Å². The summed E-state index contributed by atoms with van der Waals surface area (Å²) in [4.78, 5) is 0. The molecule has 1 N–H and O–H groups in total. The Hall–Kier alpha value is -0.540. The van der Waals surface area contributed by atoms with Crippen molar-refractivity contribution in [2.45, 2.75) is 39.2 Å². The van der Waals surface area contributed by atoms with E-state index in [0.717, 1.165) is 24.2 Å². The van der Waals surface area contributed by atoms with Crippen molar-refractivity contribution in [3.8, 4) is 5.75 Å². The van der Waals surface area contributed by atoms with Crippen LogP contribution in [-0.4, -0.2) is 19.0 Å². The standard InChI is InChI=1S/C15H24BrNO/c1-13-7-8-15(18-2)14(11-13)12-17-10-6-4-3-5-9-16/h7-8,11,17H,3-6,9-10,12H2,1-2H3. The lowest BCUT2D eigenvalue weighted by molar-refractivity contribution is 0.407. The molecule has 0 atom stereocenters. The molecule has 0 radical (unpaired) electrons. The van der Waals surface area contributed by atoms with Gasteiger partial charge in [0, 0.05) is 17.4 Å². The van der Waals surface area contributed by atoms with Crippen molar-refractivity contribution in [3.05, 3.63) is 29.3 Å². The molecule has 102 valence electrons. The minimum Gasteiger partial charge on any atom is -0.496 e. The van der Waals surface area contributed by atoms with Crippen LogP contribution in [0.5, 0.6) is 5.75 Å². The Kier molecular flexibility index (Phi) is 8.10. The Morgan fingerprint density at radius 3 is 2.67 bits per heavy atom. The lowest BCUT2D eigenvalue weighted by Crippen LogP contribution is -2.15. The Balaban J connectivity index is 2.24. The zero-order valence-corrected chi connectivity index (χ0v) is 13.1. The fourth-order valence-electron chi connectivity index (χ4n) is 1.97. The maximum absolute atomic E-state index is 5.37. The molecule has 0 saturated carbocycles. The smallest absolute Gasteiger partial charge is 0.123 e. The summed E-state index contributed by atoms with van der Waals surface area (Å²) in [5.41, 5.74) is 2.53. The van der Waals surface area contributed by atoms with Crippen LogP contribution in [-0.2, 0) is 6.54 Å². The average molecular weight is 314 g/mol. The van der Waals surface area contributed by atoms with Crippen molar-refractivity contribution in [2.24, 2.45) is 0 Å². The van der Waals surface area contributed by atoms with E-state index >= 15 is 0 Å². The minimum atomic E-state index is 0.892. The summed E-state index contributed by atoms with van der Waals surface area (Å²) in [6.07, 6.45) is 5.16. The summed E-state index contributed by atoms with van der Waals surface area (Å²) in [7, 11) is 1.73. The van der Waals surface area contributed by atoms with Gasteiger partial charge in [0.1, 0.15) is 5.75 Å². The Labute approximate surface area is 119 Å². The third-order valence-electron chi connectivity index (χ3n) is 2.99. The third-order valence-corrected chi connectivity index (χ3v) is 3.55. The van der Waals surface area contributed by atoms with Gasteiger partial charge in [0.15, 0.2) is 0 Å².